The second kappa shape index (κ2) is 7.83. The zero-order valence-electron chi connectivity index (χ0n) is 15.0. The third kappa shape index (κ3) is 4.26. The van der Waals surface area contributed by atoms with Crippen LogP contribution in [0.2, 0.25) is 0 Å². The third-order valence-corrected chi connectivity index (χ3v) is 4.50. The molecule has 0 saturated heterocycles. The molecule has 0 radical (unpaired) electrons. The maximum absolute atomic E-state index is 9.91. The molecule has 0 saturated carbocycles. The van der Waals surface area contributed by atoms with Gasteiger partial charge in [-0.25, -0.2) is 0 Å². The van der Waals surface area contributed by atoms with E-state index in [0.29, 0.717) is 5.75 Å². The fraction of sp³-hybridized carbons (Fsp3) is 0.217. The first-order chi connectivity index (χ1) is 11.4. The van der Waals surface area contributed by atoms with Crippen LogP contribution in [0.25, 0.3) is 0 Å². The van der Waals surface area contributed by atoms with Crippen LogP contribution in [0.5, 0.6) is 5.75 Å². The molecular formula is C23H26O. The van der Waals surface area contributed by atoms with Gasteiger partial charge in [-0.05, 0) is 36.6 Å². The van der Waals surface area contributed by atoms with E-state index in [1.165, 1.54) is 16.7 Å². The Kier molecular flexibility index (Phi) is 5.81. The van der Waals surface area contributed by atoms with Gasteiger partial charge < -0.3 is 5.11 Å². The van der Waals surface area contributed by atoms with Gasteiger partial charge >= 0.3 is 0 Å². The Labute approximate surface area is 145 Å². The highest BCUT2D eigenvalue weighted by atomic mass is 16.3. The van der Waals surface area contributed by atoms with Crippen LogP contribution in [-0.4, -0.2) is 5.11 Å². The van der Waals surface area contributed by atoms with Crippen molar-refractivity contribution in [3.05, 3.63) is 101 Å². The number of para-hydroxylation sites is 1. The number of phenolic OH excluding ortho intramolecular Hbond substituents is 1. The second-order valence-electron chi connectivity index (χ2n) is 6.59. The Morgan fingerprint density at radius 3 is 1.58 bits per heavy atom. The topological polar surface area (TPSA) is 20.2 Å². The van der Waals surface area contributed by atoms with Gasteiger partial charge in [0, 0.05) is 11.0 Å². The summed E-state index contributed by atoms with van der Waals surface area (Å²) in [6.07, 6.45) is 0. The first-order valence-corrected chi connectivity index (χ1v) is 8.29. The molecule has 1 heteroatoms. The van der Waals surface area contributed by atoms with Gasteiger partial charge in [0.05, 0.1) is 0 Å². The summed E-state index contributed by atoms with van der Waals surface area (Å²) < 4.78 is 0. The van der Waals surface area contributed by atoms with E-state index in [4.69, 9.17) is 0 Å². The summed E-state index contributed by atoms with van der Waals surface area (Å²) in [5, 5.41) is 9.91. The quantitative estimate of drug-likeness (QED) is 0.612. The van der Waals surface area contributed by atoms with Gasteiger partial charge in [-0.3, -0.25) is 0 Å². The predicted octanol–water partition coefficient (Wildman–Crippen LogP) is 6.02. The van der Waals surface area contributed by atoms with Crippen LogP contribution in [0.4, 0.5) is 0 Å². The normalized spacial score (nSPS) is 10.7. The molecule has 0 fully saturated rings. The zero-order chi connectivity index (χ0) is 17.6. The van der Waals surface area contributed by atoms with E-state index in [9.17, 15) is 5.11 Å². The second-order valence-corrected chi connectivity index (χ2v) is 6.59. The maximum Gasteiger partial charge on any atom is 0.119 e. The van der Waals surface area contributed by atoms with E-state index in [1.807, 2.05) is 36.4 Å². The molecule has 1 nitrogen and oxygen atoms in total. The smallest absolute Gasteiger partial charge is 0.119 e. The minimum atomic E-state index is -0.174. The molecule has 0 aliphatic heterocycles. The number of phenols is 1. The minimum absolute atomic E-state index is 0.174. The van der Waals surface area contributed by atoms with Crippen LogP contribution in [0.15, 0.2) is 78.9 Å². The fourth-order valence-corrected chi connectivity index (χ4v) is 2.68. The number of aromatic hydroxyl groups is 1. The first kappa shape index (κ1) is 17.8. The Hall–Kier alpha value is -2.54. The van der Waals surface area contributed by atoms with Crippen LogP contribution in [0, 0.1) is 13.8 Å². The van der Waals surface area contributed by atoms with E-state index in [-0.39, 0.29) is 5.41 Å². The molecule has 0 unspecified atom stereocenters. The number of hydrogen-bond donors (Lipinski definition) is 1. The number of benzene rings is 3. The molecule has 3 rings (SSSR count). The SMILES string of the molecule is CC(C)(c1ccccc1)c1ccccc1O.Cc1ccccc1C. The van der Waals surface area contributed by atoms with Crippen molar-refractivity contribution in [2.75, 3.05) is 0 Å². The summed E-state index contributed by atoms with van der Waals surface area (Å²) in [4.78, 5) is 0. The van der Waals surface area contributed by atoms with Crippen LogP contribution < -0.4 is 0 Å². The third-order valence-electron chi connectivity index (χ3n) is 4.50. The molecule has 124 valence electrons. The van der Waals surface area contributed by atoms with Crippen molar-refractivity contribution in [3.8, 4) is 5.75 Å². The van der Waals surface area contributed by atoms with Gasteiger partial charge in [0.25, 0.3) is 0 Å². The van der Waals surface area contributed by atoms with Gasteiger partial charge in [0.1, 0.15) is 5.75 Å². The monoisotopic (exact) mass is 318 g/mol. The summed E-state index contributed by atoms with van der Waals surface area (Å²) >= 11 is 0. The summed E-state index contributed by atoms with van der Waals surface area (Å²) in [7, 11) is 0. The van der Waals surface area contributed by atoms with Crippen molar-refractivity contribution in [1.29, 1.82) is 0 Å². The van der Waals surface area contributed by atoms with Crippen LogP contribution >= 0.6 is 0 Å². The van der Waals surface area contributed by atoms with Crippen molar-refractivity contribution in [1.82, 2.24) is 0 Å². The summed E-state index contributed by atoms with van der Waals surface area (Å²) in [6.45, 7) is 8.49. The lowest BCUT2D eigenvalue weighted by Crippen LogP contribution is -2.18. The highest BCUT2D eigenvalue weighted by Crippen LogP contribution is 2.36. The number of rotatable bonds is 2. The standard InChI is InChI=1S/C15H16O.C8H10/c1-15(2,12-8-4-3-5-9-12)13-10-6-7-11-14(13)16;1-7-5-3-4-6-8(7)2/h3-11,16H,1-2H3;3-6H,1-2H3. The molecule has 24 heavy (non-hydrogen) atoms. The summed E-state index contributed by atoms with van der Waals surface area (Å²) in [5.74, 6) is 0.358. The molecule has 3 aromatic rings. The molecule has 0 heterocycles. The fourth-order valence-electron chi connectivity index (χ4n) is 2.68. The lowest BCUT2D eigenvalue weighted by molar-refractivity contribution is 0.453. The van der Waals surface area contributed by atoms with E-state index < -0.39 is 0 Å². The van der Waals surface area contributed by atoms with Crippen molar-refractivity contribution in [2.24, 2.45) is 0 Å². The van der Waals surface area contributed by atoms with Crippen LogP contribution in [0.1, 0.15) is 36.1 Å². The van der Waals surface area contributed by atoms with Gasteiger partial charge in [0.15, 0.2) is 0 Å². The van der Waals surface area contributed by atoms with E-state index in [1.54, 1.807) is 6.07 Å². The Morgan fingerprint density at radius 1 is 0.625 bits per heavy atom. The largest absolute Gasteiger partial charge is 0.508 e. The molecule has 0 aliphatic rings. The highest BCUT2D eigenvalue weighted by Gasteiger charge is 2.25. The van der Waals surface area contributed by atoms with Crippen molar-refractivity contribution in [2.45, 2.75) is 33.1 Å². The molecule has 3 aromatic carbocycles. The van der Waals surface area contributed by atoms with Crippen molar-refractivity contribution < 1.29 is 5.11 Å². The van der Waals surface area contributed by atoms with Crippen LogP contribution in [-0.2, 0) is 5.41 Å². The average Bonchev–Trinajstić information content (AvgIpc) is 2.59. The lowest BCUT2D eigenvalue weighted by atomic mass is 9.78. The molecule has 0 spiro atoms. The molecule has 0 atom stereocenters. The van der Waals surface area contributed by atoms with Crippen molar-refractivity contribution in [3.63, 3.8) is 0 Å². The Morgan fingerprint density at radius 2 is 1.08 bits per heavy atom. The average molecular weight is 318 g/mol. The van der Waals surface area contributed by atoms with E-state index >= 15 is 0 Å². The molecule has 0 aromatic heterocycles. The molecule has 1 N–H and O–H groups in total. The van der Waals surface area contributed by atoms with E-state index in [2.05, 4.69) is 64.1 Å². The Bertz CT molecular complexity index is 752. The van der Waals surface area contributed by atoms with Crippen molar-refractivity contribution >= 4 is 0 Å². The van der Waals surface area contributed by atoms with Gasteiger partial charge in [0.2, 0.25) is 0 Å². The number of hydrogen-bond acceptors (Lipinski definition) is 1. The maximum atomic E-state index is 9.91. The number of aryl methyl sites for hydroxylation is 2. The molecule has 0 aliphatic carbocycles. The summed E-state index contributed by atoms with van der Waals surface area (Å²) in [6, 6.07) is 26.1. The summed E-state index contributed by atoms with van der Waals surface area (Å²) in [5.41, 5.74) is 4.73. The lowest BCUT2D eigenvalue weighted by Gasteiger charge is -2.26. The minimum Gasteiger partial charge on any atom is -0.508 e. The van der Waals surface area contributed by atoms with Gasteiger partial charge in [-0.1, -0.05) is 86.6 Å². The van der Waals surface area contributed by atoms with Gasteiger partial charge in [-0.2, -0.15) is 0 Å². The Balaban J connectivity index is 0.000000219. The predicted molar refractivity (Wildman–Crippen MR) is 103 cm³/mol. The molecule has 0 amide bonds. The van der Waals surface area contributed by atoms with Gasteiger partial charge in [-0.15, -0.1) is 0 Å². The van der Waals surface area contributed by atoms with Crippen LogP contribution in [0.3, 0.4) is 0 Å². The molecule has 0 bridgehead atoms. The van der Waals surface area contributed by atoms with E-state index in [0.717, 1.165) is 5.56 Å². The first-order valence-electron chi connectivity index (χ1n) is 8.29. The highest BCUT2D eigenvalue weighted by molar-refractivity contribution is 5.44. The zero-order valence-corrected chi connectivity index (χ0v) is 15.0. The molecular weight excluding hydrogens is 292 g/mol.